The van der Waals surface area contributed by atoms with Crippen LogP contribution < -0.4 is 10.6 Å². The first-order chi connectivity index (χ1) is 10.1. The molecule has 2 aromatic rings. The van der Waals surface area contributed by atoms with E-state index >= 15 is 0 Å². The van der Waals surface area contributed by atoms with Crippen molar-refractivity contribution in [1.82, 2.24) is 5.32 Å². The van der Waals surface area contributed by atoms with Crippen molar-refractivity contribution in [3.05, 3.63) is 65.7 Å². The van der Waals surface area contributed by atoms with Gasteiger partial charge in [-0.25, -0.2) is 0 Å². The Morgan fingerprint density at radius 1 is 0.905 bits per heavy atom. The van der Waals surface area contributed by atoms with Gasteiger partial charge in [-0.1, -0.05) is 42.5 Å². The third-order valence-corrected chi connectivity index (χ3v) is 3.26. The molecule has 3 heteroatoms. The molecular weight excluding hydrogens is 260 g/mol. The summed E-state index contributed by atoms with van der Waals surface area (Å²) in [5, 5.41) is 6.35. The Bertz CT molecular complexity index is 593. The number of hydrogen-bond donors (Lipinski definition) is 2. The summed E-state index contributed by atoms with van der Waals surface area (Å²) in [6, 6.07) is 17.8. The molecule has 21 heavy (non-hydrogen) atoms. The van der Waals surface area contributed by atoms with Crippen molar-refractivity contribution >= 4 is 11.6 Å². The van der Waals surface area contributed by atoms with Crippen LogP contribution in [0.15, 0.2) is 54.6 Å². The highest BCUT2D eigenvalue weighted by molar-refractivity contribution is 5.99. The Balaban J connectivity index is 2.14. The van der Waals surface area contributed by atoms with Crippen LogP contribution in [0.25, 0.3) is 0 Å². The van der Waals surface area contributed by atoms with Gasteiger partial charge in [-0.3, -0.25) is 4.79 Å². The van der Waals surface area contributed by atoms with Crippen molar-refractivity contribution in [3.63, 3.8) is 0 Å². The van der Waals surface area contributed by atoms with Crippen molar-refractivity contribution < 1.29 is 4.79 Å². The number of hydrogen-bond acceptors (Lipinski definition) is 2. The Morgan fingerprint density at radius 3 is 2.19 bits per heavy atom. The zero-order chi connectivity index (χ0) is 15.2. The summed E-state index contributed by atoms with van der Waals surface area (Å²) in [7, 11) is 0. The summed E-state index contributed by atoms with van der Waals surface area (Å²) in [5.41, 5.74) is 2.64. The van der Waals surface area contributed by atoms with Crippen LogP contribution in [0, 0.1) is 0 Å². The average Bonchev–Trinajstić information content (AvgIpc) is 2.48. The van der Waals surface area contributed by atoms with Crippen LogP contribution in [0.3, 0.4) is 0 Å². The second-order valence-corrected chi connectivity index (χ2v) is 5.45. The molecule has 0 aliphatic carbocycles. The number of rotatable bonds is 5. The number of nitrogens with one attached hydrogen (secondary N) is 2. The minimum Gasteiger partial charge on any atom is -0.382 e. The van der Waals surface area contributed by atoms with E-state index in [1.165, 1.54) is 0 Å². The molecule has 0 radical (unpaired) electrons. The van der Waals surface area contributed by atoms with Crippen LogP contribution in [0.4, 0.5) is 5.69 Å². The van der Waals surface area contributed by atoms with Gasteiger partial charge in [-0.05, 0) is 38.5 Å². The average molecular weight is 282 g/mol. The van der Waals surface area contributed by atoms with Crippen molar-refractivity contribution in [2.75, 3.05) is 5.32 Å². The molecule has 0 aromatic heterocycles. The fourth-order valence-electron chi connectivity index (χ4n) is 2.22. The normalized spacial score (nSPS) is 12.0. The van der Waals surface area contributed by atoms with Gasteiger partial charge >= 0.3 is 0 Å². The summed E-state index contributed by atoms with van der Waals surface area (Å²) in [4.78, 5) is 12.5. The highest BCUT2D eigenvalue weighted by Crippen LogP contribution is 2.18. The summed E-state index contributed by atoms with van der Waals surface area (Å²) < 4.78 is 0. The third-order valence-electron chi connectivity index (χ3n) is 3.26. The lowest BCUT2D eigenvalue weighted by Crippen LogP contribution is -2.27. The topological polar surface area (TPSA) is 41.1 Å². The number of para-hydroxylation sites is 1. The van der Waals surface area contributed by atoms with E-state index in [4.69, 9.17) is 0 Å². The fourth-order valence-corrected chi connectivity index (χ4v) is 2.22. The standard InChI is InChI=1S/C18H22N2O/c1-13(2)19-17-12-8-7-11-16(17)18(21)20-14(3)15-9-5-4-6-10-15/h4-14,19H,1-3H3,(H,20,21)/t14-/m0/s1. The van der Waals surface area contributed by atoms with Gasteiger partial charge < -0.3 is 10.6 Å². The third kappa shape index (κ3) is 4.09. The molecule has 0 unspecified atom stereocenters. The zero-order valence-corrected chi connectivity index (χ0v) is 12.8. The minimum atomic E-state index is -0.0601. The maximum Gasteiger partial charge on any atom is 0.253 e. The van der Waals surface area contributed by atoms with Gasteiger partial charge in [0.2, 0.25) is 0 Å². The smallest absolute Gasteiger partial charge is 0.253 e. The molecule has 0 aliphatic rings. The fraction of sp³-hybridized carbons (Fsp3) is 0.278. The van der Waals surface area contributed by atoms with E-state index in [1.807, 2.05) is 61.5 Å². The van der Waals surface area contributed by atoms with Gasteiger partial charge in [0.1, 0.15) is 0 Å². The van der Waals surface area contributed by atoms with Gasteiger partial charge in [0, 0.05) is 11.7 Å². The molecule has 2 rings (SSSR count). The number of benzene rings is 2. The Morgan fingerprint density at radius 2 is 1.52 bits per heavy atom. The highest BCUT2D eigenvalue weighted by atomic mass is 16.1. The molecular formula is C18H22N2O. The molecule has 0 saturated heterocycles. The first kappa shape index (κ1) is 15.1. The van der Waals surface area contributed by atoms with E-state index in [0.29, 0.717) is 5.56 Å². The molecule has 2 N–H and O–H groups in total. The van der Waals surface area contributed by atoms with Gasteiger partial charge in [-0.2, -0.15) is 0 Å². The largest absolute Gasteiger partial charge is 0.382 e. The predicted octanol–water partition coefficient (Wildman–Crippen LogP) is 4.00. The maximum atomic E-state index is 12.5. The summed E-state index contributed by atoms with van der Waals surface area (Å²) in [6.45, 7) is 6.11. The molecule has 0 bridgehead atoms. The van der Waals surface area contributed by atoms with Crippen LogP contribution in [-0.2, 0) is 0 Å². The lowest BCUT2D eigenvalue weighted by molar-refractivity contribution is 0.0940. The van der Waals surface area contributed by atoms with E-state index in [0.717, 1.165) is 11.3 Å². The summed E-state index contributed by atoms with van der Waals surface area (Å²) in [6.07, 6.45) is 0. The Labute approximate surface area is 126 Å². The molecule has 110 valence electrons. The number of carbonyl (C=O) groups is 1. The second kappa shape index (κ2) is 6.93. The van der Waals surface area contributed by atoms with Crippen LogP contribution >= 0.6 is 0 Å². The van der Waals surface area contributed by atoms with Crippen LogP contribution in [0.2, 0.25) is 0 Å². The monoisotopic (exact) mass is 282 g/mol. The van der Waals surface area contributed by atoms with Crippen molar-refractivity contribution in [1.29, 1.82) is 0 Å². The Kier molecular flexibility index (Phi) is 4.99. The van der Waals surface area contributed by atoms with Crippen molar-refractivity contribution in [2.24, 2.45) is 0 Å². The summed E-state index contributed by atoms with van der Waals surface area (Å²) >= 11 is 0. The molecule has 1 amide bonds. The molecule has 0 spiro atoms. The van der Waals surface area contributed by atoms with Crippen LogP contribution in [-0.4, -0.2) is 11.9 Å². The van der Waals surface area contributed by atoms with E-state index in [2.05, 4.69) is 24.5 Å². The molecule has 2 aromatic carbocycles. The van der Waals surface area contributed by atoms with Gasteiger partial charge in [0.15, 0.2) is 0 Å². The maximum absolute atomic E-state index is 12.5. The number of anilines is 1. The Hall–Kier alpha value is -2.29. The van der Waals surface area contributed by atoms with Gasteiger partial charge in [0.05, 0.1) is 11.6 Å². The molecule has 0 fully saturated rings. The lowest BCUT2D eigenvalue weighted by Gasteiger charge is -2.18. The number of carbonyl (C=O) groups excluding carboxylic acids is 1. The van der Waals surface area contributed by atoms with E-state index in [-0.39, 0.29) is 18.0 Å². The summed E-state index contributed by atoms with van der Waals surface area (Å²) in [5.74, 6) is -0.0601. The lowest BCUT2D eigenvalue weighted by atomic mass is 10.1. The molecule has 0 saturated carbocycles. The number of amides is 1. The van der Waals surface area contributed by atoms with Crippen LogP contribution in [0.1, 0.15) is 42.7 Å². The molecule has 1 atom stereocenters. The predicted molar refractivity (Wildman–Crippen MR) is 87.5 cm³/mol. The zero-order valence-electron chi connectivity index (χ0n) is 12.8. The van der Waals surface area contributed by atoms with Crippen molar-refractivity contribution in [3.8, 4) is 0 Å². The van der Waals surface area contributed by atoms with Crippen LogP contribution in [0.5, 0.6) is 0 Å². The van der Waals surface area contributed by atoms with Gasteiger partial charge in [-0.15, -0.1) is 0 Å². The van der Waals surface area contributed by atoms with E-state index in [1.54, 1.807) is 0 Å². The first-order valence-corrected chi connectivity index (χ1v) is 7.29. The highest BCUT2D eigenvalue weighted by Gasteiger charge is 2.14. The van der Waals surface area contributed by atoms with E-state index < -0.39 is 0 Å². The minimum absolute atomic E-state index is 0.0224. The van der Waals surface area contributed by atoms with E-state index in [9.17, 15) is 4.79 Å². The molecule has 3 nitrogen and oxygen atoms in total. The molecule has 0 heterocycles. The van der Waals surface area contributed by atoms with Crippen molar-refractivity contribution in [2.45, 2.75) is 32.9 Å². The molecule has 0 aliphatic heterocycles. The van der Waals surface area contributed by atoms with Gasteiger partial charge in [0.25, 0.3) is 5.91 Å². The first-order valence-electron chi connectivity index (χ1n) is 7.29. The quantitative estimate of drug-likeness (QED) is 0.870. The SMILES string of the molecule is CC(C)Nc1ccccc1C(=O)N[C@@H](C)c1ccccc1. The second-order valence-electron chi connectivity index (χ2n) is 5.45.